The smallest absolute Gasteiger partial charge is 0.381 e. The number of hydrogen-bond acceptors (Lipinski definition) is 2. The highest BCUT2D eigenvalue weighted by Crippen LogP contribution is 2.30. The van der Waals surface area contributed by atoms with Crippen LogP contribution in [0.1, 0.15) is 43.9 Å². The Morgan fingerprint density at radius 2 is 1.67 bits per heavy atom. The topological polar surface area (TPSA) is 21.3 Å². The molecule has 1 aliphatic rings. The number of halogens is 3. The molecule has 1 aliphatic heterocycles. The van der Waals surface area contributed by atoms with Crippen LogP contribution in [0.25, 0.3) is 0 Å². The van der Waals surface area contributed by atoms with Gasteiger partial charge in [-0.15, -0.1) is 0 Å². The Hall–Kier alpha value is -1.07. The van der Waals surface area contributed by atoms with Gasteiger partial charge in [0.1, 0.15) is 0 Å². The van der Waals surface area contributed by atoms with Gasteiger partial charge in [0.05, 0.1) is 5.56 Å². The molecule has 5 heteroatoms. The Morgan fingerprint density at radius 3 is 2.19 bits per heavy atom. The van der Waals surface area contributed by atoms with Gasteiger partial charge in [-0.05, 0) is 50.3 Å². The molecular weight excluding hydrogens is 279 g/mol. The second kappa shape index (κ2) is 6.79. The van der Waals surface area contributed by atoms with Crippen LogP contribution in [0.4, 0.5) is 13.2 Å². The standard InChI is InChI=1S/C16H22F3NO/c1-11(20-12(2)14-7-9-21-10-8-14)13-3-5-15(6-4-13)16(17,18)19/h3-6,11-12,14,20H,7-10H2,1-2H3. The molecule has 1 heterocycles. The Kier molecular flexibility index (Phi) is 5.27. The van der Waals surface area contributed by atoms with Crippen molar-refractivity contribution >= 4 is 0 Å². The molecule has 0 aliphatic carbocycles. The maximum Gasteiger partial charge on any atom is 0.416 e. The van der Waals surface area contributed by atoms with Crippen LogP contribution < -0.4 is 5.32 Å². The van der Waals surface area contributed by atoms with E-state index in [4.69, 9.17) is 4.74 Å². The SMILES string of the molecule is CC(NC(C)C1CCOCC1)c1ccc(C(F)(F)F)cc1. The first-order chi connectivity index (χ1) is 9.88. The largest absolute Gasteiger partial charge is 0.416 e. The maximum absolute atomic E-state index is 12.5. The molecule has 0 bridgehead atoms. The number of ether oxygens (including phenoxy) is 1. The van der Waals surface area contributed by atoms with Crippen LogP contribution in [0.5, 0.6) is 0 Å². The van der Waals surface area contributed by atoms with E-state index in [1.165, 1.54) is 0 Å². The van der Waals surface area contributed by atoms with Crippen LogP contribution >= 0.6 is 0 Å². The summed E-state index contributed by atoms with van der Waals surface area (Å²) in [5, 5.41) is 3.49. The fourth-order valence-electron chi connectivity index (χ4n) is 2.80. The zero-order valence-corrected chi connectivity index (χ0v) is 12.4. The van der Waals surface area contributed by atoms with Gasteiger partial charge in [-0.1, -0.05) is 12.1 Å². The van der Waals surface area contributed by atoms with E-state index in [9.17, 15) is 13.2 Å². The van der Waals surface area contributed by atoms with E-state index in [0.717, 1.165) is 43.8 Å². The molecule has 2 atom stereocenters. The Morgan fingerprint density at radius 1 is 1.10 bits per heavy atom. The van der Waals surface area contributed by atoms with Gasteiger partial charge in [0, 0.05) is 25.3 Å². The Balaban J connectivity index is 1.94. The summed E-state index contributed by atoms with van der Waals surface area (Å²) in [6.45, 7) is 5.71. The first-order valence-corrected chi connectivity index (χ1v) is 7.39. The van der Waals surface area contributed by atoms with Gasteiger partial charge in [-0.3, -0.25) is 0 Å². The zero-order valence-electron chi connectivity index (χ0n) is 12.4. The predicted octanol–water partition coefficient (Wildman–Crippen LogP) is 4.17. The Bertz CT molecular complexity index is 438. The number of rotatable bonds is 4. The fourth-order valence-corrected chi connectivity index (χ4v) is 2.80. The van der Waals surface area contributed by atoms with E-state index in [1.807, 2.05) is 6.92 Å². The molecule has 0 aromatic heterocycles. The molecule has 1 aromatic rings. The van der Waals surface area contributed by atoms with Crippen molar-refractivity contribution in [2.45, 2.75) is 44.9 Å². The third-order valence-electron chi connectivity index (χ3n) is 4.22. The van der Waals surface area contributed by atoms with Crippen molar-refractivity contribution in [2.24, 2.45) is 5.92 Å². The predicted molar refractivity (Wildman–Crippen MR) is 76.0 cm³/mol. The van der Waals surface area contributed by atoms with Gasteiger partial charge >= 0.3 is 6.18 Å². The summed E-state index contributed by atoms with van der Waals surface area (Å²) in [7, 11) is 0. The molecule has 0 amide bonds. The quantitative estimate of drug-likeness (QED) is 0.901. The summed E-state index contributed by atoms with van der Waals surface area (Å²) in [5.74, 6) is 0.565. The molecule has 2 nitrogen and oxygen atoms in total. The number of benzene rings is 1. The lowest BCUT2D eigenvalue weighted by Gasteiger charge is -2.31. The Labute approximate surface area is 123 Å². The molecular formula is C16H22F3NO. The molecule has 21 heavy (non-hydrogen) atoms. The van der Waals surface area contributed by atoms with Crippen LogP contribution in [0.15, 0.2) is 24.3 Å². The third-order valence-corrected chi connectivity index (χ3v) is 4.22. The van der Waals surface area contributed by atoms with Crippen LogP contribution in [0.2, 0.25) is 0 Å². The van der Waals surface area contributed by atoms with Crippen molar-refractivity contribution in [1.82, 2.24) is 5.32 Å². The average Bonchev–Trinajstić information content (AvgIpc) is 2.47. The molecule has 0 saturated carbocycles. The first kappa shape index (κ1) is 16.3. The first-order valence-electron chi connectivity index (χ1n) is 7.39. The van der Waals surface area contributed by atoms with Gasteiger partial charge in [0.25, 0.3) is 0 Å². The second-order valence-electron chi connectivity index (χ2n) is 5.75. The summed E-state index contributed by atoms with van der Waals surface area (Å²) in [6, 6.07) is 5.75. The van der Waals surface area contributed by atoms with E-state index in [1.54, 1.807) is 12.1 Å². The molecule has 1 saturated heterocycles. The highest BCUT2D eigenvalue weighted by molar-refractivity contribution is 5.26. The van der Waals surface area contributed by atoms with E-state index >= 15 is 0 Å². The monoisotopic (exact) mass is 301 g/mol. The lowest BCUT2D eigenvalue weighted by atomic mass is 9.92. The van der Waals surface area contributed by atoms with Crippen LogP contribution in [-0.4, -0.2) is 19.3 Å². The van der Waals surface area contributed by atoms with Crippen molar-refractivity contribution in [3.05, 3.63) is 35.4 Å². The molecule has 0 spiro atoms. The summed E-state index contributed by atoms with van der Waals surface area (Å²) in [5.41, 5.74) is 0.276. The molecule has 2 unspecified atom stereocenters. The third kappa shape index (κ3) is 4.45. The summed E-state index contributed by atoms with van der Waals surface area (Å²) in [6.07, 6.45) is -2.20. The minimum absolute atomic E-state index is 0.0325. The van der Waals surface area contributed by atoms with Gasteiger partial charge in [0.2, 0.25) is 0 Å². The molecule has 1 fully saturated rings. The minimum Gasteiger partial charge on any atom is -0.381 e. The lowest BCUT2D eigenvalue weighted by Crippen LogP contribution is -2.38. The fraction of sp³-hybridized carbons (Fsp3) is 0.625. The van der Waals surface area contributed by atoms with Crippen molar-refractivity contribution in [3.8, 4) is 0 Å². The summed E-state index contributed by atoms with van der Waals surface area (Å²) >= 11 is 0. The van der Waals surface area contributed by atoms with Crippen molar-refractivity contribution in [2.75, 3.05) is 13.2 Å². The van der Waals surface area contributed by atoms with Gasteiger partial charge in [-0.25, -0.2) is 0 Å². The normalized spacial score (nSPS) is 20.2. The molecule has 1 aromatic carbocycles. The highest BCUT2D eigenvalue weighted by atomic mass is 19.4. The van der Waals surface area contributed by atoms with Crippen molar-refractivity contribution in [3.63, 3.8) is 0 Å². The number of hydrogen-bond donors (Lipinski definition) is 1. The second-order valence-corrected chi connectivity index (χ2v) is 5.75. The number of nitrogens with one attached hydrogen (secondary N) is 1. The van der Waals surface area contributed by atoms with Crippen LogP contribution in [0.3, 0.4) is 0 Å². The van der Waals surface area contributed by atoms with Crippen molar-refractivity contribution < 1.29 is 17.9 Å². The van der Waals surface area contributed by atoms with Crippen molar-refractivity contribution in [1.29, 1.82) is 0 Å². The average molecular weight is 301 g/mol. The van der Waals surface area contributed by atoms with Crippen LogP contribution in [-0.2, 0) is 10.9 Å². The van der Waals surface area contributed by atoms with E-state index in [2.05, 4.69) is 12.2 Å². The molecule has 0 radical (unpaired) electrons. The van der Waals surface area contributed by atoms with Crippen LogP contribution in [0, 0.1) is 5.92 Å². The van der Waals surface area contributed by atoms with E-state index < -0.39 is 11.7 Å². The summed E-state index contributed by atoms with van der Waals surface area (Å²) < 4.78 is 43.0. The summed E-state index contributed by atoms with van der Waals surface area (Å²) in [4.78, 5) is 0. The van der Waals surface area contributed by atoms with E-state index in [0.29, 0.717) is 12.0 Å². The maximum atomic E-state index is 12.5. The van der Waals surface area contributed by atoms with E-state index in [-0.39, 0.29) is 6.04 Å². The lowest BCUT2D eigenvalue weighted by molar-refractivity contribution is -0.137. The number of alkyl halides is 3. The van der Waals surface area contributed by atoms with Gasteiger partial charge in [-0.2, -0.15) is 13.2 Å². The molecule has 1 N–H and O–H groups in total. The van der Waals surface area contributed by atoms with Gasteiger partial charge < -0.3 is 10.1 Å². The van der Waals surface area contributed by atoms with Gasteiger partial charge in [0.15, 0.2) is 0 Å². The molecule has 118 valence electrons. The minimum atomic E-state index is -4.27. The zero-order chi connectivity index (χ0) is 15.5. The molecule has 2 rings (SSSR count). The highest BCUT2D eigenvalue weighted by Gasteiger charge is 2.30.